The first-order valence-electron chi connectivity index (χ1n) is 8.73. The minimum absolute atomic E-state index is 0. The number of halogens is 1. The van der Waals surface area contributed by atoms with Crippen molar-refractivity contribution in [2.45, 2.75) is 25.8 Å². The second-order valence-electron chi connectivity index (χ2n) is 6.22. The zero-order chi connectivity index (χ0) is 17.6. The van der Waals surface area contributed by atoms with Crippen LogP contribution in [0.25, 0.3) is 0 Å². The number of ether oxygens (including phenoxy) is 1. The van der Waals surface area contributed by atoms with Gasteiger partial charge in [0, 0.05) is 33.1 Å². The number of benzene rings is 1. The fourth-order valence-electron chi connectivity index (χ4n) is 3.02. The molecule has 1 atom stereocenters. The molecule has 1 unspecified atom stereocenters. The molecule has 1 aliphatic rings. The number of hydrogen-bond acceptors (Lipinski definition) is 4. The summed E-state index contributed by atoms with van der Waals surface area (Å²) >= 11 is 0. The Morgan fingerprint density at radius 2 is 2.23 bits per heavy atom. The molecule has 1 aromatic carbocycles. The fourth-order valence-corrected chi connectivity index (χ4v) is 3.02. The molecule has 0 saturated carbocycles. The van der Waals surface area contributed by atoms with E-state index in [1.807, 2.05) is 26.2 Å². The maximum atomic E-state index is 5.75. The summed E-state index contributed by atoms with van der Waals surface area (Å²) in [5, 5.41) is 7.49. The van der Waals surface area contributed by atoms with Gasteiger partial charge in [-0.1, -0.05) is 18.2 Å². The van der Waals surface area contributed by atoms with Crippen molar-refractivity contribution >= 4 is 29.9 Å². The summed E-state index contributed by atoms with van der Waals surface area (Å²) in [6, 6.07) is 8.26. The van der Waals surface area contributed by atoms with Crippen molar-refractivity contribution in [3.05, 3.63) is 42.0 Å². The Morgan fingerprint density at radius 3 is 2.96 bits per heavy atom. The minimum Gasteiger partial charge on any atom is -0.493 e. The lowest BCUT2D eigenvalue weighted by Gasteiger charge is -2.26. The Labute approximate surface area is 171 Å². The second kappa shape index (κ2) is 9.75. The van der Waals surface area contributed by atoms with Gasteiger partial charge in [0.25, 0.3) is 0 Å². The predicted octanol–water partition coefficient (Wildman–Crippen LogP) is 2.40. The van der Waals surface area contributed by atoms with Crippen molar-refractivity contribution in [3.8, 4) is 5.75 Å². The summed E-state index contributed by atoms with van der Waals surface area (Å²) in [7, 11) is 3.92. The maximum Gasteiger partial charge on any atom is 0.194 e. The van der Waals surface area contributed by atoms with Crippen LogP contribution in [-0.2, 0) is 13.6 Å². The van der Waals surface area contributed by atoms with Gasteiger partial charge in [0.1, 0.15) is 17.9 Å². The normalized spacial score (nSPS) is 16.3. The van der Waals surface area contributed by atoms with E-state index in [4.69, 9.17) is 9.73 Å². The lowest BCUT2D eigenvalue weighted by molar-refractivity contribution is 0.268. The Morgan fingerprint density at radius 1 is 1.42 bits per heavy atom. The summed E-state index contributed by atoms with van der Waals surface area (Å²) in [6.45, 7) is 5.06. The van der Waals surface area contributed by atoms with Crippen molar-refractivity contribution in [2.75, 3.05) is 26.7 Å². The van der Waals surface area contributed by atoms with Gasteiger partial charge >= 0.3 is 0 Å². The van der Waals surface area contributed by atoms with E-state index in [-0.39, 0.29) is 24.0 Å². The quantitative estimate of drug-likeness (QED) is 0.413. The molecule has 1 aliphatic heterocycles. The molecule has 26 heavy (non-hydrogen) atoms. The average Bonchev–Trinajstić information content (AvgIpc) is 3.03. The van der Waals surface area contributed by atoms with E-state index in [2.05, 4.69) is 39.4 Å². The van der Waals surface area contributed by atoms with Crippen molar-refractivity contribution in [1.82, 2.24) is 25.0 Å². The van der Waals surface area contributed by atoms with E-state index in [9.17, 15) is 0 Å². The van der Waals surface area contributed by atoms with Crippen LogP contribution in [-0.4, -0.2) is 52.4 Å². The van der Waals surface area contributed by atoms with Crippen LogP contribution in [0.15, 0.2) is 35.6 Å². The number of nitrogens with zero attached hydrogens (tertiary/aromatic N) is 5. The highest BCUT2D eigenvalue weighted by Crippen LogP contribution is 2.33. The molecule has 0 fully saturated rings. The molecule has 0 amide bonds. The van der Waals surface area contributed by atoms with Crippen LogP contribution in [0.2, 0.25) is 0 Å². The summed E-state index contributed by atoms with van der Waals surface area (Å²) < 4.78 is 7.53. The molecular weight excluding hydrogens is 443 g/mol. The summed E-state index contributed by atoms with van der Waals surface area (Å²) in [4.78, 5) is 11.2. The lowest BCUT2D eigenvalue weighted by atomic mass is 9.93. The molecule has 2 heterocycles. The highest BCUT2D eigenvalue weighted by Gasteiger charge is 2.21. The third-order valence-electron chi connectivity index (χ3n) is 4.42. The van der Waals surface area contributed by atoms with Crippen molar-refractivity contribution in [1.29, 1.82) is 0 Å². The number of rotatable bonds is 5. The van der Waals surface area contributed by atoms with Crippen LogP contribution in [0.3, 0.4) is 0 Å². The molecule has 8 heteroatoms. The summed E-state index contributed by atoms with van der Waals surface area (Å²) in [6.07, 6.45) is 2.57. The van der Waals surface area contributed by atoms with Crippen LogP contribution < -0.4 is 10.1 Å². The van der Waals surface area contributed by atoms with Crippen LogP contribution in [0.1, 0.15) is 30.7 Å². The first-order chi connectivity index (χ1) is 12.2. The monoisotopic (exact) mass is 470 g/mol. The van der Waals surface area contributed by atoms with Crippen LogP contribution in [0.4, 0.5) is 0 Å². The summed E-state index contributed by atoms with van der Waals surface area (Å²) in [5.74, 6) is 3.17. The van der Waals surface area contributed by atoms with Gasteiger partial charge < -0.3 is 15.0 Å². The molecule has 3 rings (SSSR count). The van der Waals surface area contributed by atoms with Gasteiger partial charge in [-0.2, -0.15) is 5.10 Å². The molecule has 2 aromatic rings. The molecule has 0 aliphatic carbocycles. The van der Waals surface area contributed by atoms with E-state index in [0.717, 1.165) is 43.7 Å². The number of guanidine groups is 1. The molecule has 142 valence electrons. The average molecular weight is 470 g/mol. The van der Waals surface area contributed by atoms with Crippen LogP contribution in [0, 0.1) is 0 Å². The number of para-hydroxylation sites is 1. The SMILES string of the molecule is CCNC(=NCC1CCOc2ccccc21)N(C)Cc1ncnn1C.I. The van der Waals surface area contributed by atoms with Gasteiger partial charge in [-0.3, -0.25) is 9.67 Å². The van der Waals surface area contributed by atoms with Crippen molar-refractivity contribution in [2.24, 2.45) is 12.0 Å². The largest absolute Gasteiger partial charge is 0.493 e. The number of nitrogens with one attached hydrogen (secondary N) is 1. The van der Waals surface area contributed by atoms with Gasteiger partial charge in [-0.05, 0) is 25.0 Å². The molecule has 0 spiro atoms. The summed E-state index contributed by atoms with van der Waals surface area (Å²) in [5.41, 5.74) is 1.25. The molecule has 0 saturated heterocycles. The van der Waals surface area contributed by atoms with Gasteiger partial charge in [-0.15, -0.1) is 24.0 Å². The lowest BCUT2D eigenvalue weighted by Crippen LogP contribution is -2.39. The molecular formula is C18H27IN6O. The molecule has 7 nitrogen and oxygen atoms in total. The Bertz CT molecular complexity index is 732. The van der Waals surface area contributed by atoms with E-state index < -0.39 is 0 Å². The number of hydrogen-bond donors (Lipinski definition) is 1. The highest BCUT2D eigenvalue weighted by molar-refractivity contribution is 14.0. The third kappa shape index (κ3) is 4.87. The van der Waals surface area contributed by atoms with Crippen molar-refractivity contribution in [3.63, 3.8) is 0 Å². The molecule has 0 radical (unpaired) electrons. The predicted molar refractivity (Wildman–Crippen MR) is 113 cm³/mol. The van der Waals surface area contributed by atoms with Gasteiger partial charge in [0.2, 0.25) is 0 Å². The Kier molecular flexibility index (Phi) is 7.67. The molecule has 1 N–H and O–H groups in total. The topological polar surface area (TPSA) is 67.6 Å². The zero-order valence-corrected chi connectivity index (χ0v) is 17.9. The molecule has 0 bridgehead atoms. The number of aromatic nitrogens is 3. The van der Waals surface area contributed by atoms with E-state index >= 15 is 0 Å². The minimum atomic E-state index is 0. The zero-order valence-electron chi connectivity index (χ0n) is 15.6. The third-order valence-corrected chi connectivity index (χ3v) is 4.42. The Balaban J connectivity index is 0.00000243. The Hall–Kier alpha value is -1.84. The van der Waals surface area contributed by atoms with E-state index in [0.29, 0.717) is 12.5 Å². The van der Waals surface area contributed by atoms with Gasteiger partial charge in [-0.25, -0.2) is 4.98 Å². The molecule has 1 aromatic heterocycles. The number of aliphatic imine (C=N–C) groups is 1. The maximum absolute atomic E-state index is 5.75. The van der Waals surface area contributed by atoms with Gasteiger partial charge in [0.05, 0.1) is 13.2 Å². The fraction of sp³-hybridized carbons (Fsp3) is 0.500. The van der Waals surface area contributed by atoms with Crippen LogP contribution >= 0.6 is 24.0 Å². The highest BCUT2D eigenvalue weighted by atomic mass is 127. The first kappa shape index (κ1) is 20.5. The standard InChI is InChI=1S/C18H26N6O.HI/c1-4-19-18(23(2)12-17-21-13-22-24(17)3)20-11-14-9-10-25-16-8-6-5-7-15(14)16;/h5-8,13-14H,4,9-12H2,1-3H3,(H,19,20);1H. The first-order valence-corrected chi connectivity index (χ1v) is 8.73. The smallest absolute Gasteiger partial charge is 0.194 e. The van der Waals surface area contributed by atoms with Crippen LogP contribution in [0.5, 0.6) is 5.75 Å². The number of aryl methyl sites for hydroxylation is 1. The van der Waals surface area contributed by atoms with E-state index in [1.165, 1.54) is 5.56 Å². The number of fused-ring (bicyclic) bond motifs is 1. The van der Waals surface area contributed by atoms with E-state index in [1.54, 1.807) is 11.0 Å². The van der Waals surface area contributed by atoms with Crippen molar-refractivity contribution < 1.29 is 4.74 Å². The van der Waals surface area contributed by atoms with Gasteiger partial charge in [0.15, 0.2) is 5.96 Å². The second-order valence-corrected chi connectivity index (χ2v) is 6.22.